The van der Waals surface area contributed by atoms with E-state index < -0.39 is 0 Å². The SMILES string of the molecule is COc1cccc(NCC(C)N(C)C2CC2)n1. The van der Waals surface area contributed by atoms with Gasteiger partial charge in [0.05, 0.1) is 7.11 Å². The van der Waals surface area contributed by atoms with Crippen molar-refractivity contribution in [2.45, 2.75) is 31.8 Å². The molecule has 1 N–H and O–H groups in total. The van der Waals surface area contributed by atoms with Crippen LogP contribution >= 0.6 is 0 Å². The maximum atomic E-state index is 5.10. The van der Waals surface area contributed by atoms with Crippen LogP contribution in [0.2, 0.25) is 0 Å². The fourth-order valence-electron chi connectivity index (χ4n) is 1.86. The summed E-state index contributed by atoms with van der Waals surface area (Å²) in [5.41, 5.74) is 0. The molecule has 1 saturated carbocycles. The predicted octanol–water partition coefficient (Wildman–Crippen LogP) is 1.98. The van der Waals surface area contributed by atoms with Crippen molar-refractivity contribution in [2.24, 2.45) is 0 Å². The van der Waals surface area contributed by atoms with Gasteiger partial charge in [-0.3, -0.25) is 4.90 Å². The van der Waals surface area contributed by atoms with E-state index in [2.05, 4.69) is 29.2 Å². The predicted molar refractivity (Wildman–Crippen MR) is 69.5 cm³/mol. The Bertz CT molecular complexity index is 365. The molecule has 0 radical (unpaired) electrons. The van der Waals surface area contributed by atoms with E-state index in [0.717, 1.165) is 18.4 Å². The van der Waals surface area contributed by atoms with E-state index in [9.17, 15) is 0 Å². The zero-order valence-corrected chi connectivity index (χ0v) is 10.8. The van der Waals surface area contributed by atoms with Crippen LogP contribution in [0.25, 0.3) is 0 Å². The van der Waals surface area contributed by atoms with Gasteiger partial charge in [-0.15, -0.1) is 0 Å². The highest BCUT2D eigenvalue weighted by Gasteiger charge is 2.28. The summed E-state index contributed by atoms with van der Waals surface area (Å²) >= 11 is 0. The number of ether oxygens (including phenoxy) is 1. The zero-order valence-electron chi connectivity index (χ0n) is 10.8. The number of hydrogen-bond acceptors (Lipinski definition) is 4. The summed E-state index contributed by atoms with van der Waals surface area (Å²) in [5.74, 6) is 1.53. The number of nitrogens with one attached hydrogen (secondary N) is 1. The van der Waals surface area contributed by atoms with Crippen molar-refractivity contribution in [1.82, 2.24) is 9.88 Å². The van der Waals surface area contributed by atoms with Crippen molar-refractivity contribution in [3.63, 3.8) is 0 Å². The van der Waals surface area contributed by atoms with Gasteiger partial charge in [-0.1, -0.05) is 6.07 Å². The van der Waals surface area contributed by atoms with E-state index >= 15 is 0 Å². The second-order valence-electron chi connectivity index (χ2n) is 4.69. The molecule has 4 heteroatoms. The number of anilines is 1. The third-order valence-electron chi connectivity index (χ3n) is 3.33. The van der Waals surface area contributed by atoms with Crippen LogP contribution in [-0.4, -0.2) is 42.7 Å². The second kappa shape index (κ2) is 5.36. The molecule has 17 heavy (non-hydrogen) atoms. The van der Waals surface area contributed by atoms with Gasteiger partial charge in [0.15, 0.2) is 0 Å². The summed E-state index contributed by atoms with van der Waals surface area (Å²) in [6.45, 7) is 3.15. The summed E-state index contributed by atoms with van der Waals surface area (Å²) in [4.78, 5) is 6.77. The quantitative estimate of drug-likeness (QED) is 0.818. The fourth-order valence-corrected chi connectivity index (χ4v) is 1.86. The molecule has 1 aromatic rings. The molecule has 0 bridgehead atoms. The highest BCUT2D eigenvalue weighted by molar-refractivity contribution is 5.37. The molecule has 0 aromatic carbocycles. The van der Waals surface area contributed by atoms with Crippen LogP contribution in [0.15, 0.2) is 18.2 Å². The lowest BCUT2D eigenvalue weighted by Gasteiger charge is -2.24. The molecular formula is C13H21N3O. The van der Waals surface area contributed by atoms with Crippen molar-refractivity contribution in [2.75, 3.05) is 26.0 Å². The van der Waals surface area contributed by atoms with Crippen molar-refractivity contribution < 1.29 is 4.74 Å². The first-order valence-electron chi connectivity index (χ1n) is 6.17. The van der Waals surface area contributed by atoms with Crippen molar-refractivity contribution >= 4 is 5.82 Å². The topological polar surface area (TPSA) is 37.4 Å². The normalized spacial score (nSPS) is 16.9. The summed E-state index contributed by atoms with van der Waals surface area (Å²) in [7, 11) is 3.83. The second-order valence-corrected chi connectivity index (χ2v) is 4.69. The number of pyridine rings is 1. The summed E-state index contributed by atoms with van der Waals surface area (Å²) in [6, 6.07) is 7.08. The van der Waals surface area contributed by atoms with Gasteiger partial charge < -0.3 is 10.1 Å². The maximum absolute atomic E-state index is 5.10. The summed E-state index contributed by atoms with van der Waals surface area (Å²) in [6.07, 6.45) is 2.69. The van der Waals surface area contributed by atoms with Gasteiger partial charge in [0, 0.05) is 24.7 Å². The van der Waals surface area contributed by atoms with Gasteiger partial charge in [0.2, 0.25) is 5.88 Å². The monoisotopic (exact) mass is 235 g/mol. The number of aromatic nitrogens is 1. The molecule has 1 unspecified atom stereocenters. The van der Waals surface area contributed by atoms with Gasteiger partial charge in [-0.2, -0.15) is 4.98 Å². The minimum Gasteiger partial charge on any atom is -0.481 e. The van der Waals surface area contributed by atoms with Crippen LogP contribution < -0.4 is 10.1 Å². The van der Waals surface area contributed by atoms with E-state index in [1.165, 1.54) is 12.8 Å². The fraction of sp³-hybridized carbons (Fsp3) is 0.615. The Morgan fingerprint density at radius 3 is 2.94 bits per heavy atom. The molecule has 2 rings (SSSR count). The Morgan fingerprint density at radius 2 is 2.29 bits per heavy atom. The lowest BCUT2D eigenvalue weighted by molar-refractivity contribution is 0.257. The Labute approximate surface area is 103 Å². The van der Waals surface area contributed by atoms with Crippen molar-refractivity contribution in [3.8, 4) is 5.88 Å². The van der Waals surface area contributed by atoms with Gasteiger partial charge in [-0.05, 0) is 32.9 Å². The Morgan fingerprint density at radius 1 is 1.53 bits per heavy atom. The number of methoxy groups -OCH3 is 1. The van der Waals surface area contributed by atoms with E-state index in [1.807, 2.05) is 18.2 Å². The van der Waals surface area contributed by atoms with Crippen LogP contribution in [0.5, 0.6) is 5.88 Å². The maximum Gasteiger partial charge on any atom is 0.214 e. The smallest absolute Gasteiger partial charge is 0.214 e. The number of hydrogen-bond donors (Lipinski definition) is 1. The molecule has 0 saturated heterocycles. The number of likely N-dealkylation sites (N-methyl/N-ethyl adjacent to an activating group) is 1. The van der Waals surface area contributed by atoms with Crippen molar-refractivity contribution in [1.29, 1.82) is 0 Å². The van der Waals surface area contributed by atoms with Crippen LogP contribution in [0, 0.1) is 0 Å². The molecule has 94 valence electrons. The largest absolute Gasteiger partial charge is 0.481 e. The number of rotatable bonds is 6. The molecule has 0 aliphatic heterocycles. The first-order valence-corrected chi connectivity index (χ1v) is 6.17. The highest BCUT2D eigenvalue weighted by Crippen LogP contribution is 2.26. The molecule has 1 fully saturated rings. The van der Waals surface area contributed by atoms with Crippen LogP contribution in [0.4, 0.5) is 5.82 Å². The molecule has 1 heterocycles. The molecule has 1 aliphatic rings. The van der Waals surface area contributed by atoms with E-state index in [4.69, 9.17) is 4.74 Å². The Kier molecular flexibility index (Phi) is 3.84. The molecule has 1 aromatic heterocycles. The summed E-state index contributed by atoms with van der Waals surface area (Å²) < 4.78 is 5.10. The molecule has 1 atom stereocenters. The molecule has 4 nitrogen and oxygen atoms in total. The summed E-state index contributed by atoms with van der Waals surface area (Å²) in [5, 5.41) is 3.35. The zero-order chi connectivity index (χ0) is 12.3. The third-order valence-corrected chi connectivity index (χ3v) is 3.33. The van der Waals surface area contributed by atoms with Gasteiger partial charge >= 0.3 is 0 Å². The molecule has 0 amide bonds. The number of nitrogens with zero attached hydrogens (tertiary/aromatic N) is 2. The minimum atomic E-state index is 0.524. The average molecular weight is 235 g/mol. The van der Waals surface area contributed by atoms with E-state index in [1.54, 1.807) is 7.11 Å². The van der Waals surface area contributed by atoms with Crippen LogP contribution in [-0.2, 0) is 0 Å². The first-order chi connectivity index (χ1) is 8.20. The lowest BCUT2D eigenvalue weighted by Crippen LogP contribution is -2.36. The Balaban J connectivity index is 1.83. The van der Waals surface area contributed by atoms with Crippen LogP contribution in [0.3, 0.4) is 0 Å². The van der Waals surface area contributed by atoms with E-state index in [0.29, 0.717) is 11.9 Å². The van der Waals surface area contributed by atoms with Crippen molar-refractivity contribution in [3.05, 3.63) is 18.2 Å². The minimum absolute atomic E-state index is 0.524. The van der Waals surface area contributed by atoms with Gasteiger partial charge in [-0.25, -0.2) is 0 Å². The lowest BCUT2D eigenvalue weighted by atomic mass is 10.3. The molecular weight excluding hydrogens is 214 g/mol. The Hall–Kier alpha value is -1.29. The molecule has 1 aliphatic carbocycles. The standard InChI is InChI=1S/C13H21N3O/c1-10(16(2)11-7-8-11)9-14-12-5-4-6-13(15-12)17-3/h4-6,10-11H,7-9H2,1-3H3,(H,14,15). The molecule has 0 spiro atoms. The van der Waals surface area contributed by atoms with Crippen LogP contribution in [0.1, 0.15) is 19.8 Å². The van der Waals surface area contributed by atoms with E-state index in [-0.39, 0.29) is 0 Å². The first kappa shape index (κ1) is 12.2. The average Bonchev–Trinajstić information content (AvgIpc) is 3.19. The third kappa shape index (κ3) is 3.33. The van der Waals surface area contributed by atoms with Gasteiger partial charge in [0.25, 0.3) is 0 Å². The van der Waals surface area contributed by atoms with Gasteiger partial charge in [0.1, 0.15) is 5.82 Å². The highest BCUT2D eigenvalue weighted by atomic mass is 16.5.